The Labute approximate surface area is 162 Å². The monoisotopic (exact) mass is 375 g/mol. The van der Waals surface area contributed by atoms with Crippen LogP contribution in [0.25, 0.3) is 0 Å². The van der Waals surface area contributed by atoms with E-state index in [-0.39, 0.29) is 11.8 Å². The lowest BCUT2D eigenvalue weighted by Gasteiger charge is -2.32. The van der Waals surface area contributed by atoms with Crippen molar-refractivity contribution in [3.05, 3.63) is 35.4 Å². The molecule has 1 aromatic carbocycles. The summed E-state index contributed by atoms with van der Waals surface area (Å²) in [5, 5.41) is 5.59. The average molecular weight is 376 g/mol. The predicted molar refractivity (Wildman–Crippen MR) is 106 cm³/mol. The van der Waals surface area contributed by atoms with Gasteiger partial charge in [0.25, 0.3) is 0 Å². The molecule has 6 heteroatoms. The maximum Gasteiger partial charge on any atom is 0.407 e. The summed E-state index contributed by atoms with van der Waals surface area (Å²) in [6.45, 7) is 11.0. The van der Waals surface area contributed by atoms with Gasteiger partial charge in [0.1, 0.15) is 5.60 Å². The highest BCUT2D eigenvalue weighted by Gasteiger charge is 2.25. The summed E-state index contributed by atoms with van der Waals surface area (Å²) >= 11 is 0. The van der Waals surface area contributed by atoms with E-state index in [0.29, 0.717) is 13.1 Å². The number of nitrogens with one attached hydrogen (secondary N) is 2. The molecule has 1 saturated heterocycles. The molecule has 0 bridgehead atoms. The van der Waals surface area contributed by atoms with Crippen LogP contribution in [0.2, 0.25) is 0 Å². The van der Waals surface area contributed by atoms with Crippen molar-refractivity contribution in [3.63, 3.8) is 0 Å². The molecule has 150 valence electrons. The zero-order valence-corrected chi connectivity index (χ0v) is 17.0. The first-order chi connectivity index (χ1) is 12.7. The molecule has 1 unspecified atom stereocenters. The Bertz CT molecular complexity index is 640. The van der Waals surface area contributed by atoms with Gasteiger partial charge in [0, 0.05) is 26.2 Å². The molecule has 0 spiro atoms. The Morgan fingerprint density at radius 3 is 2.59 bits per heavy atom. The summed E-state index contributed by atoms with van der Waals surface area (Å²) < 4.78 is 5.17. The molecule has 1 atom stereocenters. The van der Waals surface area contributed by atoms with Crippen molar-refractivity contribution < 1.29 is 14.3 Å². The molecule has 1 heterocycles. The van der Waals surface area contributed by atoms with Gasteiger partial charge in [-0.15, -0.1) is 0 Å². The van der Waals surface area contributed by atoms with E-state index >= 15 is 0 Å². The summed E-state index contributed by atoms with van der Waals surface area (Å²) in [5.74, 6) is 0.0692. The SMILES string of the molecule is Cc1ccccc1CN1CCCC(C(=O)NCCNC(=O)OC(C)(C)C)C1. The lowest BCUT2D eigenvalue weighted by molar-refractivity contribution is -0.126. The highest BCUT2D eigenvalue weighted by Crippen LogP contribution is 2.20. The van der Waals surface area contributed by atoms with Crippen molar-refractivity contribution in [1.82, 2.24) is 15.5 Å². The smallest absolute Gasteiger partial charge is 0.407 e. The second kappa shape index (κ2) is 9.74. The topological polar surface area (TPSA) is 70.7 Å². The van der Waals surface area contributed by atoms with Crippen LogP contribution in [0.3, 0.4) is 0 Å². The van der Waals surface area contributed by atoms with Gasteiger partial charge in [0.2, 0.25) is 5.91 Å². The predicted octanol–water partition coefficient (Wildman–Crippen LogP) is 2.85. The molecule has 0 aliphatic carbocycles. The van der Waals surface area contributed by atoms with E-state index in [0.717, 1.165) is 32.5 Å². The van der Waals surface area contributed by atoms with Crippen LogP contribution in [0.1, 0.15) is 44.7 Å². The third-order valence-corrected chi connectivity index (χ3v) is 4.62. The van der Waals surface area contributed by atoms with Crippen LogP contribution in [-0.2, 0) is 16.1 Å². The van der Waals surface area contributed by atoms with Gasteiger partial charge >= 0.3 is 6.09 Å². The minimum absolute atomic E-state index is 0.00398. The van der Waals surface area contributed by atoms with Gasteiger partial charge in [0.05, 0.1) is 5.92 Å². The third-order valence-electron chi connectivity index (χ3n) is 4.62. The van der Waals surface area contributed by atoms with Gasteiger partial charge < -0.3 is 15.4 Å². The van der Waals surface area contributed by atoms with Gasteiger partial charge in [-0.05, 0) is 58.2 Å². The summed E-state index contributed by atoms with van der Waals surface area (Å²) in [5.41, 5.74) is 2.09. The second-order valence-corrected chi connectivity index (χ2v) is 8.22. The van der Waals surface area contributed by atoms with E-state index in [4.69, 9.17) is 4.74 Å². The standard InChI is InChI=1S/C21H33N3O3/c1-16-8-5-6-9-17(16)14-24-13-7-10-18(15-24)19(25)22-11-12-23-20(26)27-21(2,3)4/h5-6,8-9,18H,7,10-15H2,1-4H3,(H,22,25)(H,23,26). The summed E-state index contributed by atoms with van der Waals surface area (Å²) in [7, 11) is 0. The van der Waals surface area contributed by atoms with Crippen LogP contribution in [0.5, 0.6) is 0 Å². The summed E-state index contributed by atoms with van der Waals surface area (Å²) in [4.78, 5) is 26.4. The van der Waals surface area contributed by atoms with Crippen molar-refractivity contribution in [1.29, 1.82) is 0 Å². The fourth-order valence-electron chi connectivity index (χ4n) is 3.25. The first kappa shape index (κ1) is 21.2. The molecular formula is C21H33N3O3. The average Bonchev–Trinajstić information content (AvgIpc) is 2.59. The Morgan fingerprint density at radius 2 is 1.89 bits per heavy atom. The molecule has 1 aliphatic rings. The first-order valence-corrected chi connectivity index (χ1v) is 9.76. The molecule has 1 fully saturated rings. The van der Waals surface area contributed by atoms with E-state index in [1.54, 1.807) is 0 Å². The Hall–Kier alpha value is -2.08. The molecule has 2 amide bonds. The molecule has 6 nitrogen and oxygen atoms in total. The van der Waals surface area contributed by atoms with E-state index < -0.39 is 11.7 Å². The van der Waals surface area contributed by atoms with Crippen LogP contribution < -0.4 is 10.6 Å². The minimum Gasteiger partial charge on any atom is -0.444 e. The number of piperidine rings is 1. The maximum atomic E-state index is 12.5. The molecule has 2 N–H and O–H groups in total. The maximum absolute atomic E-state index is 12.5. The Balaban J connectivity index is 1.71. The molecule has 0 aromatic heterocycles. The van der Waals surface area contributed by atoms with Crippen molar-refractivity contribution >= 4 is 12.0 Å². The number of amides is 2. The van der Waals surface area contributed by atoms with E-state index in [9.17, 15) is 9.59 Å². The van der Waals surface area contributed by atoms with Gasteiger partial charge in [-0.25, -0.2) is 4.79 Å². The van der Waals surface area contributed by atoms with Crippen molar-refractivity contribution in [2.75, 3.05) is 26.2 Å². The number of hydrogen-bond donors (Lipinski definition) is 2. The number of benzene rings is 1. The van der Waals surface area contributed by atoms with Gasteiger partial charge in [-0.3, -0.25) is 9.69 Å². The van der Waals surface area contributed by atoms with E-state index in [1.807, 2.05) is 20.8 Å². The Morgan fingerprint density at radius 1 is 1.19 bits per heavy atom. The van der Waals surface area contributed by atoms with Crippen LogP contribution in [0, 0.1) is 12.8 Å². The number of hydrogen-bond acceptors (Lipinski definition) is 4. The van der Waals surface area contributed by atoms with Crippen LogP contribution in [0.4, 0.5) is 4.79 Å². The third kappa shape index (κ3) is 7.59. The summed E-state index contributed by atoms with van der Waals surface area (Å²) in [6.07, 6.45) is 1.48. The van der Waals surface area contributed by atoms with Crippen molar-refractivity contribution in [2.45, 2.75) is 52.7 Å². The summed E-state index contributed by atoms with van der Waals surface area (Å²) in [6, 6.07) is 8.40. The number of alkyl carbamates (subject to hydrolysis) is 1. The fourth-order valence-corrected chi connectivity index (χ4v) is 3.25. The normalized spacial score (nSPS) is 18.0. The highest BCUT2D eigenvalue weighted by atomic mass is 16.6. The molecule has 1 aliphatic heterocycles. The molecule has 27 heavy (non-hydrogen) atoms. The number of aryl methyl sites for hydroxylation is 1. The first-order valence-electron chi connectivity index (χ1n) is 9.76. The van der Waals surface area contributed by atoms with Gasteiger partial charge in [0.15, 0.2) is 0 Å². The van der Waals surface area contributed by atoms with Crippen LogP contribution in [0.15, 0.2) is 24.3 Å². The lowest BCUT2D eigenvalue weighted by Crippen LogP contribution is -2.44. The molecule has 0 radical (unpaired) electrons. The lowest BCUT2D eigenvalue weighted by atomic mass is 9.96. The fraction of sp³-hybridized carbons (Fsp3) is 0.619. The van der Waals surface area contributed by atoms with Gasteiger partial charge in [-0.2, -0.15) is 0 Å². The van der Waals surface area contributed by atoms with E-state index in [1.165, 1.54) is 11.1 Å². The van der Waals surface area contributed by atoms with Crippen LogP contribution in [-0.4, -0.2) is 48.7 Å². The number of ether oxygens (including phenoxy) is 1. The van der Waals surface area contributed by atoms with Crippen molar-refractivity contribution in [2.24, 2.45) is 5.92 Å². The largest absolute Gasteiger partial charge is 0.444 e. The van der Waals surface area contributed by atoms with Crippen LogP contribution >= 0.6 is 0 Å². The quantitative estimate of drug-likeness (QED) is 0.750. The minimum atomic E-state index is -0.518. The molecular weight excluding hydrogens is 342 g/mol. The number of rotatable bonds is 6. The van der Waals surface area contributed by atoms with Gasteiger partial charge in [-0.1, -0.05) is 24.3 Å². The number of likely N-dealkylation sites (tertiary alicyclic amines) is 1. The zero-order chi connectivity index (χ0) is 19.9. The zero-order valence-electron chi connectivity index (χ0n) is 17.0. The second-order valence-electron chi connectivity index (χ2n) is 8.22. The molecule has 1 aromatic rings. The Kier molecular flexibility index (Phi) is 7.66. The highest BCUT2D eigenvalue weighted by molar-refractivity contribution is 5.79. The van der Waals surface area contributed by atoms with Crippen molar-refractivity contribution in [3.8, 4) is 0 Å². The number of carbonyl (C=O) groups is 2. The number of carbonyl (C=O) groups excluding carboxylic acids is 2. The molecule has 2 rings (SSSR count). The number of nitrogens with zero attached hydrogens (tertiary/aromatic N) is 1. The van der Waals surface area contributed by atoms with E-state index in [2.05, 4.69) is 46.7 Å². The molecule has 0 saturated carbocycles.